The predicted molar refractivity (Wildman–Crippen MR) is 111 cm³/mol. The van der Waals surface area contributed by atoms with Crippen molar-refractivity contribution in [2.45, 2.75) is 58.9 Å². The van der Waals surface area contributed by atoms with E-state index in [1.54, 1.807) is 30.3 Å². The number of carbonyl (C=O) groups excluding carboxylic acids is 1. The molecule has 0 unspecified atom stereocenters. The summed E-state index contributed by atoms with van der Waals surface area (Å²) in [5.41, 5.74) is 2.24. The fourth-order valence-corrected chi connectivity index (χ4v) is 4.21. The van der Waals surface area contributed by atoms with Crippen LogP contribution in [0.1, 0.15) is 60.8 Å². The summed E-state index contributed by atoms with van der Waals surface area (Å²) >= 11 is 6.15. The fraction of sp³-hybridized carbons (Fsp3) is 0.455. The highest BCUT2D eigenvalue weighted by Gasteiger charge is 2.21. The summed E-state index contributed by atoms with van der Waals surface area (Å²) in [5, 5.41) is 3.25. The van der Waals surface area contributed by atoms with Gasteiger partial charge in [0.25, 0.3) is 5.91 Å². The van der Waals surface area contributed by atoms with E-state index in [1.807, 2.05) is 6.92 Å². The Hall–Kier alpha value is -2.07. The van der Waals surface area contributed by atoms with Gasteiger partial charge in [-0.05, 0) is 44.2 Å². The minimum Gasteiger partial charge on any atom is -0.348 e. The molecule has 0 spiro atoms. The highest BCUT2D eigenvalue weighted by atomic mass is 35.5. The van der Waals surface area contributed by atoms with Crippen LogP contribution in [0.5, 0.6) is 0 Å². The number of hydrogen-bond acceptors (Lipinski definition) is 2. The minimum atomic E-state index is -0.398. The second kappa shape index (κ2) is 8.75. The first kappa shape index (κ1) is 19.7. The van der Waals surface area contributed by atoms with Gasteiger partial charge in [0.1, 0.15) is 5.56 Å². The maximum atomic E-state index is 12.9. The van der Waals surface area contributed by atoms with E-state index < -0.39 is 5.91 Å². The van der Waals surface area contributed by atoms with E-state index in [1.165, 1.54) is 32.1 Å². The van der Waals surface area contributed by atoms with Crippen LogP contribution in [0.4, 0.5) is 5.69 Å². The maximum Gasteiger partial charge on any atom is 0.261 e. The van der Waals surface area contributed by atoms with E-state index in [9.17, 15) is 9.59 Å². The molecule has 27 heavy (non-hydrogen) atoms. The van der Waals surface area contributed by atoms with Gasteiger partial charge in [-0.3, -0.25) is 9.59 Å². The second-order valence-electron chi connectivity index (χ2n) is 7.36. The summed E-state index contributed by atoms with van der Waals surface area (Å²) in [7, 11) is 0. The zero-order chi connectivity index (χ0) is 19.4. The Morgan fingerprint density at radius 1 is 1.22 bits per heavy atom. The van der Waals surface area contributed by atoms with E-state index in [0.717, 1.165) is 24.4 Å². The van der Waals surface area contributed by atoms with Crippen molar-refractivity contribution < 1.29 is 4.79 Å². The molecule has 5 heteroatoms. The number of halogens is 1. The molecule has 0 aliphatic heterocycles. The smallest absolute Gasteiger partial charge is 0.261 e. The molecule has 1 aliphatic carbocycles. The fourth-order valence-electron chi connectivity index (χ4n) is 4.03. The summed E-state index contributed by atoms with van der Waals surface area (Å²) in [5.74, 6) is 0.218. The Balaban J connectivity index is 1.94. The van der Waals surface area contributed by atoms with Gasteiger partial charge in [-0.15, -0.1) is 0 Å². The number of nitrogens with zero attached hydrogens (tertiary/aromatic N) is 1. The monoisotopic (exact) mass is 386 g/mol. The summed E-state index contributed by atoms with van der Waals surface area (Å²) in [6, 6.07) is 8.67. The molecular formula is C22H27ClN2O2. The van der Waals surface area contributed by atoms with Crippen LogP contribution in [0.15, 0.2) is 35.1 Å². The zero-order valence-corrected chi connectivity index (χ0v) is 16.8. The number of carbonyl (C=O) groups is 1. The minimum absolute atomic E-state index is 0.211. The number of rotatable bonds is 5. The van der Waals surface area contributed by atoms with Gasteiger partial charge in [0.15, 0.2) is 5.43 Å². The third-order valence-electron chi connectivity index (χ3n) is 5.53. The van der Waals surface area contributed by atoms with Gasteiger partial charge in [-0.1, -0.05) is 49.9 Å². The SMILES string of the molecule is CCc1cc(=O)c(C(=O)Nc2ccccc2Cl)c(C)n1CC1CCCCC1. The van der Waals surface area contributed by atoms with E-state index >= 15 is 0 Å². The molecule has 2 aromatic rings. The molecule has 0 saturated heterocycles. The molecule has 4 nitrogen and oxygen atoms in total. The summed E-state index contributed by atoms with van der Waals surface area (Å²) < 4.78 is 2.18. The molecule has 3 rings (SSSR count). The molecule has 1 heterocycles. The Morgan fingerprint density at radius 3 is 2.59 bits per heavy atom. The standard InChI is InChI=1S/C22H27ClN2O2/c1-3-17-13-20(26)21(22(27)24-19-12-8-7-11-18(19)23)15(2)25(17)14-16-9-5-4-6-10-16/h7-8,11-13,16H,3-6,9-10,14H2,1-2H3,(H,24,27). The Morgan fingerprint density at radius 2 is 1.93 bits per heavy atom. The van der Waals surface area contributed by atoms with Crippen molar-refractivity contribution in [3.8, 4) is 0 Å². The zero-order valence-electron chi connectivity index (χ0n) is 16.1. The average Bonchev–Trinajstić information content (AvgIpc) is 2.66. The number of pyridine rings is 1. The van der Waals surface area contributed by atoms with Crippen molar-refractivity contribution in [1.29, 1.82) is 0 Å². The highest BCUT2D eigenvalue weighted by Crippen LogP contribution is 2.27. The highest BCUT2D eigenvalue weighted by molar-refractivity contribution is 6.33. The summed E-state index contributed by atoms with van der Waals surface area (Å²) in [6.07, 6.45) is 7.06. The van der Waals surface area contributed by atoms with Crippen molar-refractivity contribution >= 4 is 23.2 Å². The van der Waals surface area contributed by atoms with Crippen LogP contribution < -0.4 is 10.7 Å². The third-order valence-corrected chi connectivity index (χ3v) is 5.86. The van der Waals surface area contributed by atoms with Gasteiger partial charge in [-0.2, -0.15) is 0 Å². The van der Waals surface area contributed by atoms with Gasteiger partial charge < -0.3 is 9.88 Å². The summed E-state index contributed by atoms with van der Waals surface area (Å²) in [6.45, 7) is 4.81. The van der Waals surface area contributed by atoms with Gasteiger partial charge >= 0.3 is 0 Å². The van der Waals surface area contributed by atoms with E-state index in [0.29, 0.717) is 16.6 Å². The number of para-hydroxylation sites is 1. The van der Waals surface area contributed by atoms with Crippen molar-refractivity contribution in [3.05, 3.63) is 62.5 Å². The Kier molecular flexibility index (Phi) is 6.38. The Bertz CT molecular complexity index is 882. The van der Waals surface area contributed by atoms with Crippen LogP contribution >= 0.6 is 11.6 Å². The molecule has 1 N–H and O–H groups in total. The third kappa shape index (κ3) is 4.44. The number of amides is 1. The molecule has 144 valence electrons. The molecule has 1 amide bonds. The van der Waals surface area contributed by atoms with Gasteiger partial charge in [-0.25, -0.2) is 0 Å². The van der Waals surface area contributed by atoms with Crippen molar-refractivity contribution in [2.75, 3.05) is 5.32 Å². The quantitative estimate of drug-likeness (QED) is 0.767. The van der Waals surface area contributed by atoms with Gasteiger partial charge in [0, 0.05) is 24.0 Å². The maximum absolute atomic E-state index is 12.9. The average molecular weight is 387 g/mol. The van der Waals surface area contributed by atoms with E-state index in [4.69, 9.17) is 11.6 Å². The lowest BCUT2D eigenvalue weighted by Gasteiger charge is -2.26. The van der Waals surface area contributed by atoms with Crippen LogP contribution in [0.2, 0.25) is 5.02 Å². The lowest BCUT2D eigenvalue weighted by atomic mass is 9.89. The van der Waals surface area contributed by atoms with Crippen molar-refractivity contribution in [3.63, 3.8) is 0 Å². The number of benzene rings is 1. The molecule has 1 aromatic heterocycles. The van der Waals surface area contributed by atoms with Crippen molar-refractivity contribution in [1.82, 2.24) is 4.57 Å². The normalized spacial score (nSPS) is 14.9. The van der Waals surface area contributed by atoms with Crippen LogP contribution in [0, 0.1) is 12.8 Å². The first-order chi connectivity index (χ1) is 13.0. The molecule has 0 bridgehead atoms. The molecule has 1 aliphatic rings. The predicted octanol–water partition coefficient (Wildman–Crippen LogP) is 5.21. The first-order valence-electron chi connectivity index (χ1n) is 9.80. The van der Waals surface area contributed by atoms with Gasteiger partial charge in [0.05, 0.1) is 10.7 Å². The number of aromatic nitrogens is 1. The second-order valence-corrected chi connectivity index (χ2v) is 7.77. The molecule has 0 atom stereocenters. The van der Waals surface area contributed by atoms with E-state index in [-0.39, 0.29) is 11.0 Å². The Labute approximate surface area is 165 Å². The lowest BCUT2D eigenvalue weighted by molar-refractivity contribution is 0.102. The molecular weight excluding hydrogens is 360 g/mol. The largest absolute Gasteiger partial charge is 0.348 e. The topological polar surface area (TPSA) is 51.1 Å². The molecule has 0 radical (unpaired) electrons. The van der Waals surface area contributed by atoms with Crippen LogP contribution in [-0.2, 0) is 13.0 Å². The number of hydrogen-bond donors (Lipinski definition) is 1. The molecule has 1 saturated carbocycles. The van der Waals surface area contributed by atoms with Crippen LogP contribution in [0.25, 0.3) is 0 Å². The number of anilines is 1. The number of nitrogens with one attached hydrogen (secondary N) is 1. The first-order valence-corrected chi connectivity index (χ1v) is 10.2. The van der Waals surface area contributed by atoms with Crippen LogP contribution in [-0.4, -0.2) is 10.5 Å². The van der Waals surface area contributed by atoms with Crippen LogP contribution in [0.3, 0.4) is 0 Å². The summed E-state index contributed by atoms with van der Waals surface area (Å²) in [4.78, 5) is 25.5. The number of aryl methyl sites for hydroxylation is 1. The van der Waals surface area contributed by atoms with Gasteiger partial charge in [0.2, 0.25) is 0 Å². The van der Waals surface area contributed by atoms with Crippen molar-refractivity contribution in [2.24, 2.45) is 5.92 Å². The molecule has 1 fully saturated rings. The molecule has 1 aromatic carbocycles. The lowest BCUT2D eigenvalue weighted by Crippen LogP contribution is -2.29. The van der Waals surface area contributed by atoms with E-state index in [2.05, 4.69) is 16.8 Å².